The van der Waals surface area contributed by atoms with Crippen LogP contribution in [0.5, 0.6) is 5.75 Å². The van der Waals surface area contributed by atoms with E-state index in [-0.39, 0.29) is 10.6 Å². The van der Waals surface area contributed by atoms with E-state index in [1.165, 1.54) is 31.4 Å². The van der Waals surface area contributed by atoms with Gasteiger partial charge in [0.2, 0.25) is 5.91 Å². The van der Waals surface area contributed by atoms with Crippen LogP contribution in [0.15, 0.2) is 53.4 Å². The minimum absolute atomic E-state index is 0.0905. The number of nitro benzene ring substituents is 1. The second-order valence-corrected chi connectivity index (χ2v) is 6.89. The first-order valence-corrected chi connectivity index (χ1v) is 9.13. The monoisotopic (exact) mass is 413 g/mol. The number of thioether (sulfide) groups is 1. The number of anilines is 1. The summed E-state index contributed by atoms with van der Waals surface area (Å²) in [6.07, 6.45) is 1.39. The van der Waals surface area contributed by atoms with Crippen LogP contribution in [-0.2, 0) is 9.59 Å². The minimum Gasteiger partial charge on any atom is -0.497 e. The van der Waals surface area contributed by atoms with Gasteiger partial charge in [0.15, 0.2) is 0 Å². The SMILES string of the molecule is COc1ccc(NC(=O)CN2C(=O)S/C(=C\c3cccc([N+](=O)[O-])c3)C2=O)cc1. The van der Waals surface area contributed by atoms with Crippen molar-refractivity contribution in [1.29, 1.82) is 0 Å². The molecule has 2 aromatic rings. The molecule has 3 rings (SSSR count). The lowest BCUT2D eigenvalue weighted by molar-refractivity contribution is -0.384. The first-order valence-electron chi connectivity index (χ1n) is 8.31. The minimum atomic E-state index is -0.628. The number of methoxy groups -OCH3 is 1. The number of imide groups is 1. The molecule has 2 aromatic carbocycles. The highest BCUT2D eigenvalue weighted by atomic mass is 32.2. The fourth-order valence-electron chi connectivity index (χ4n) is 2.53. The molecule has 0 unspecified atom stereocenters. The highest BCUT2D eigenvalue weighted by Gasteiger charge is 2.36. The molecule has 9 nitrogen and oxygen atoms in total. The van der Waals surface area contributed by atoms with E-state index in [1.54, 1.807) is 30.3 Å². The number of nitrogens with zero attached hydrogens (tertiary/aromatic N) is 2. The van der Waals surface area contributed by atoms with Crippen molar-refractivity contribution in [3.05, 3.63) is 69.1 Å². The van der Waals surface area contributed by atoms with Gasteiger partial charge < -0.3 is 10.1 Å². The normalized spacial score (nSPS) is 14.9. The predicted octanol–water partition coefficient (Wildman–Crippen LogP) is 3.28. The third-order valence-electron chi connectivity index (χ3n) is 3.93. The van der Waals surface area contributed by atoms with Crippen molar-refractivity contribution in [2.45, 2.75) is 0 Å². The van der Waals surface area contributed by atoms with Crippen molar-refractivity contribution >= 4 is 46.3 Å². The van der Waals surface area contributed by atoms with Gasteiger partial charge in [-0.25, -0.2) is 0 Å². The molecule has 0 atom stereocenters. The van der Waals surface area contributed by atoms with Crippen LogP contribution in [0.1, 0.15) is 5.56 Å². The summed E-state index contributed by atoms with van der Waals surface area (Å²) in [5.74, 6) is -0.536. The highest BCUT2D eigenvalue weighted by Crippen LogP contribution is 2.32. The van der Waals surface area contributed by atoms with Gasteiger partial charge in [-0.15, -0.1) is 0 Å². The number of hydrogen-bond donors (Lipinski definition) is 1. The Labute approximate surface area is 169 Å². The Morgan fingerprint density at radius 2 is 1.97 bits per heavy atom. The summed E-state index contributed by atoms with van der Waals surface area (Å²) in [4.78, 5) is 48.1. The molecule has 0 bridgehead atoms. The van der Waals surface area contributed by atoms with E-state index in [0.717, 1.165) is 4.90 Å². The van der Waals surface area contributed by atoms with E-state index in [1.807, 2.05) is 0 Å². The number of carbonyl (C=O) groups is 3. The van der Waals surface area contributed by atoms with Gasteiger partial charge in [0, 0.05) is 17.8 Å². The number of non-ortho nitro benzene ring substituents is 1. The molecule has 1 aliphatic rings. The molecule has 1 aliphatic heterocycles. The summed E-state index contributed by atoms with van der Waals surface area (Å²) < 4.78 is 5.03. The largest absolute Gasteiger partial charge is 0.497 e. The molecule has 1 N–H and O–H groups in total. The molecule has 1 fully saturated rings. The first-order chi connectivity index (χ1) is 13.9. The maximum atomic E-state index is 12.5. The molecule has 10 heteroatoms. The van der Waals surface area contributed by atoms with Gasteiger partial charge in [0.1, 0.15) is 12.3 Å². The molecule has 3 amide bonds. The fraction of sp³-hybridized carbons (Fsp3) is 0.105. The van der Waals surface area contributed by atoms with Crippen LogP contribution >= 0.6 is 11.8 Å². The maximum Gasteiger partial charge on any atom is 0.294 e. The molecular weight excluding hydrogens is 398 g/mol. The molecule has 148 valence electrons. The van der Waals surface area contributed by atoms with Gasteiger partial charge in [-0.3, -0.25) is 29.4 Å². The molecule has 0 spiro atoms. The summed E-state index contributed by atoms with van der Waals surface area (Å²) >= 11 is 0.676. The summed E-state index contributed by atoms with van der Waals surface area (Å²) in [5.41, 5.74) is 0.777. The Balaban J connectivity index is 1.69. The summed E-state index contributed by atoms with van der Waals surface area (Å²) in [6, 6.07) is 12.3. The molecule has 0 radical (unpaired) electrons. The average molecular weight is 413 g/mol. The zero-order chi connectivity index (χ0) is 21.0. The third-order valence-corrected chi connectivity index (χ3v) is 4.84. The van der Waals surface area contributed by atoms with E-state index >= 15 is 0 Å². The molecule has 1 heterocycles. The molecular formula is C19H15N3O6S. The van der Waals surface area contributed by atoms with Crippen LogP contribution in [-0.4, -0.2) is 40.5 Å². The quantitative estimate of drug-likeness (QED) is 0.438. The third kappa shape index (κ3) is 4.79. The first kappa shape index (κ1) is 20.1. The van der Waals surface area contributed by atoms with Crippen molar-refractivity contribution in [3.8, 4) is 5.75 Å². The van der Waals surface area contributed by atoms with Crippen LogP contribution in [0.3, 0.4) is 0 Å². The summed E-state index contributed by atoms with van der Waals surface area (Å²) in [6.45, 7) is -0.441. The Morgan fingerprint density at radius 1 is 1.24 bits per heavy atom. The molecule has 0 saturated carbocycles. The zero-order valence-corrected chi connectivity index (χ0v) is 16.0. The average Bonchev–Trinajstić information content (AvgIpc) is 2.96. The Kier molecular flexibility index (Phi) is 5.93. The van der Waals surface area contributed by atoms with Crippen molar-refractivity contribution in [1.82, 2.24) is 4.90 Å². The van der Waals surface area contributed by atoms with Crippen LogP contribution in [0.25, 0.3) is 6.08 Å². The summed E-state index contributed by atoms with van der Waals surface area (Å²) in [7, 11) is 1.52. The van der Waals surface area contributed by atoms with Gasteiger partial charge >= 0.3 is 0 Å². The molecule has 0 aromatic heterocycles. The molecule has 29 heavy (non-hydrogen) atoms. The number of nitrogens with one attached hydrogen (secondary N) is 1. The standard InChI is InChI=1S/C19H15N3O6S/c1-28-15-7-5-13(6-8-15)20-17(23)11-21-18(24)16(29-19(21)25)10-12-3-2-4-14(9-12)22(26)27/h2-10H,11H2,1H3,(H,20,23)/b16-10-. The Morgan fingerprint density at radius 3 is 2.62 bits per heavy atom. The molecule has 1 saturated heterocycles. The van der Waals surface area contributed by atoms with Gasteiger partial charge in [-0.1, -0.05) is 12.1 Å². The van der Waals surface area contributed by atoms with E-state index < -0.39 is 28.5 Å². The Bertz CT molecular complexity index is 1020. The second kappa shape index (κ2) is 8.57. The smallest absolute Gasteiger partial charge is 0.294 e. The van der Waals surface area contributed by atoms with E-state index in [0.29, 0.717) is 28.8 Å². The van der Waals surface area contributed by atoms with Gasteiger partial charge in [0.25, 0.3) is 16.8 Å². The number of amides is 3. The van der Waals surface area contributed by atoms with Crippen molar-refractivity contribution in [2.75, 3.05) is 19.0 Å². The highest BCUT2D eigenvalue weighted by molar-refractivity contribution is 8.18. The van der Waals surface area contributed by atoms with Crippen LogP contribution in [0.2, 0.25) is 0 Å². The summed E-state index contributed by atoms with van der Waals surface area (Å²) in [5, 5.41) is 12.9. The van der Waals surface area contributed by atoms with Crippen molar-refractivity contribution in [2.24, 2.45) is 0 Å². The lowest BCUT2D eigenvalue weighted by Crippen LogP contribution is -2.36. The van der Waals surface area contributed by atoms with Crippen LogP contribution in [0, 0.1) is 10.1 Å². The van der Waals surface area contributed by atoms with Crippen molar-refractivity contribution in [3.63, 3.8) is 0 Å². The van der Waals surface area contributed by atoms with Crippen molar-refractivity contribution < 1.29 is 24.0 Å². The number of rotatable bonds is 6. The van der Waals surface area contributed by atoms with Gasteiger partial charge in [-0.2, -0.15) is 0 Å². The lowest BCUT2D eigenvalue weighted by atomic mass is 10.2. The topological polar surface area (TPSA) is 119 Å². The zero-order valence-electron chi connectivity index (χ0n) is 15.2. The maximum absolute atomic E-state index is 12.5. The number of hydrogen-bond acceptors (Lipinski definition) is 7. The molecule has 0 aliphatic carbocycles. The van der Waals surface area contributed by atoms with Crippen LogP contribution < -0.4 is 10.1 Å². The van der Waals surface area contributed by atoms with E-state index in [2.05, 4.69) is 5.32 Å². The van der Waals surface area contributed by atoms with E-state index in [4.69, 9.17) is 4.74 Å². The van der Waals surface area contributed by atoms with Crippen LogP contribution in [0.4, 0.5) is 16.2 Å². The Hall–Kier alpha value is -3.66. The number of ether oxygens (including phenoxy) is 1. The van der Waals surface area contributed by atoms with Gasteiger partial charge in [0.05, 0.1) is 16.9 Å². The van der Waals surface area contributed by atoms with Gasteiger partial charge in [-0.05, 0) is 47.7 Å². The fourth-order valence-corrected chi connectivity index (χ4v) is 3.37. The number of carbonyl (C=O) groups excluding carboxylic acids is 3. The second-order valence-electron chi connectivity index (χ2n) is 5.90. The number of benzene rings is 2. The lowest BCUT2D eigenvalue weighted by Gasteiger charge is -2.12. The predicted molar refractivity (Wildman–Crippen MR) is 107 cm³/mol. The number of nitro groups is 1. The van der Waals surface area contributed by atoms with E-state index in [9.17, 15) is 24.5 Å².